The fourth-order valence-electron chi connectivity index (χ4n) is 1.87. The standard InChI is InChI=1S/C12H18BrClN2S/c1-8(16(2)9-3-4-9)6-15-7-10-5-11(13)12(14)17-10/h5,8-9,15H,3-4,6-7H2,1-2H3. The molecule has 0 aliphatic heterocycles. The van der Waals surface area contributed by atoms with Gasteiger partial charge >= 0.3 is 0 Å². The lowest BCUT2D eigenvalue weighted by Crippen LogP contribution is -2.38. The molecule has 1 aromatic heterocycles. The molecular weight excluding hydrogens is 320 g/mol. The summed E-state index contributed by atoms with van der Waals surface area (Å²) >= 11 is 11.1. The normalized spacial score (nSPS) is 17.7. The summed E-state index contributed by atoms with van der Waals surface area (Å²) in [6, 6.07) is 3.52. The van der Waals surface area contributed by atoms with E-state index in [-0.39, 0.29) is 0 Å². The zero-order valence-corrected chi connectivity index (χ0v) is 13.3. The van der Waals surface area contributed by atoms with Crippen LogP contribution in [0.25, 0.3) is 0 Å². The van der Waals surface area contributed by atoms with Crippen LogP contribution in [-0.4, -0.2) is 30.6 Å². The molecule has 2 rings (SSSR count). The Morgan fingerprint density at radius 2 is 2.35 bits per heavy atom. The molecular formula is C12H18BrClN2S. The van der Waals surface area contributed by atoms with Gasteiger partial charge in [-0.1, -0.05) is 11.6 Å². The lowest BCUT2D eigenvalue weighted by Gasteiger charge is -2.24. The Balaban J connectivity index is 1.71. The maximum Gasteiger partial charge on any atom is 0.107 e. The SMILES string of the molecule is CC(CNCc1cc(Br)c(Cl)s1)N(C)C1CC1. The molecule has 1 atom stereocenters. The third-order valence-electron chi connectivity index (χ3n) is 3.25. The van der Waals surface area contributed by atoms with Gasteiger partial charge in [0, 0.05) is 34.5 Å². The molecule has 0 aromatic carbocycles. The summed E-state index contributed by atoms with van der Waals surface area (Å²) in [6.45, 7) is 4.21. The number of nitrogens with zero attached hydrogens (tertiary/aromatic N) is 1. The quantitative estimate of drug-likeness (QED) is 0.851. The number of hydrogen-bond acceptors (Lipinski definition) is 3. The first-order chi connectivity index (χ1) is 8.08. The average Bonchev–Trinajstić information content (AvgIpc) is 3.06. The highest BCUT2D eigenvalue weighted by Gasteiger charge is 2.28. The second-order valence-corrected chi connectivity index (χ2v) is 7.30. The summed E-state index contributed by atoms with van der Waals surface area (Å²) in [6.07, 6.45) is 2.74. The molecule has 5 heteroatoms. The van der Waals surface area contributed by atoms with Crippen LogP contribution in [0.5, 0.6) is 0 Å². The minimum Gasteiger partial charge on any atom is -0.310 e. The van der Waals surface area contributed by atoms with Crippen LogP contribution >= 0.6 is 38.9 Å². The Kier molecular flexibility index (Phi) is 4.89. The molecule has 1 saturated carbocycles. The molecule has 1 unspecified atom stereocenters. The van der Waals surface area contributed by atoms with Gasteiger partial charge in [0.2, 0.25) is 0 Å². The zero-order chi connectivity index (χ0) is 12.4. The first-order valence-electron chi connectivity index (χ1n) is 5.94. The molecule has 2 nitrogen and oxygen atoms in total. The Morgan fingerprint density at radius 1 is 1.65 bits per heavy atom. The Morgan fingerprint density at radius 3 is 2.88 bits per heavy atom. The molecule has 0 radical (unpaired) electrons. The summed E-state index contributed by atoms with van der Waals surface area (Å²) < 4.78 is 1.84. The fraction of sp³-hybridized carbons (Fsp3) is 0.667. The minimum absolute atomic E-state index is 0.598. The van der Waals surface area contributed by atoms with Crippen LogP contribution in [0.2, 0.25) is 4.34 Å². The third-order valence-corrected chi connectivity index (χ3v) is 5.73. The van der Waals surface area contributed by atoms with Crippen molar-refractivity contribution < 1.29 is 0 Å². The van der Waals surface area contributed by atoms with Crippen molar-refractivity contribution in [2.24, 2.45) is 0 Å². The highest BCUT2D eigenvalue weighted by Crippen LogP contribution is 2.31. The molecule has 1 N–H and O–H groups in total. The second-order valence-electron chi connectivity index (χ2n) is 4.71. The van der Waals surface area contributed by atoms with Gasteiger partial charge in [0.25, 0.3) is 0 Å². The molecule has 1 aliphatic rings. The molecule has 17 heavy (non-hydrogen) atoms. The molecule has 0 bridgehead atoms. The van der Waals surface area contributed by atoms with Crippen LogP contribution in [-0.2, 0) is 6.54 Å². The maximum atomic E-state index is 6.01. The van der Waals surface area contributed by atoms with E-state index < -0.39 is 0 Å². The van der Waals surface area contributed by atoms with Crippen molar-refractivity contribution >= 4 is 38.9 Å². The first kappa shape index (κ1) is 13.8. The molecule has 1 fully saturated rings. The van der Waals surface area contributed by atoms with Gasteiger partial charge in [-0.25, -0.2) is 0 Å². The van der Waals surface area contributed by atoms with Crippen molar-refractivity contribution in [3.8, 4) is 0 Å². The van der Waals surface area contributed by atoms with Gasteiger partial charge in [-0.2, -0.15) is 0 Å². The van der Waals surface area contributed by atoms with Crippen LogP contribution in [0.15, 0.2) is 10.5 Å². The fourth-order valence-corrected chi connectivity index (χ4v) is 3.63. The summed E-state index contributed by atoms with van der Waals surface area (Å²) in [5.41, 5.74) is 0. The molecule has 1 aliphatic carbocycles. The predicted octanol–water partition coefficient (Wildman–Crippen LogP) is 3.74. The number of hydrogen-bond donors (Lipinski definition) is 1. The van der Waals surface area contributed by atoms with Gasteiger partial charge in [0.05, 0.1) is 0 Å². The van der Waals surface area contributed by atoms with E-state index in [1.54, 1.807) is 11.3 Å². The molecule has 0 spiro atoms. The maximum absolute atomic E-state index is 6.01. The van der Waals surface area contributed by atoms with Gasteiger partial charge in [-0.3, -0.25) is 4.90 Å². The number of rotatable bonds is 6. The van der Waals surface area contributed by atoms with Crippen molar-refractivity contribution in [2.45, 2.75) is 38.4 Å². The molecule has 0 amide bonds. The first-order valence-corrected chi connectivity index (χ1v) is 7.93. The summed E-state index contributed by atoms with van der Waals surface area (Å²) in [7, 11) is 2.22. The van der Waals surface area contributed by atoms with Crippen LogP contribution in [0.4, 0.5) is 0 Å². The highest BCUT2D eigenvalue weighted by molar-refractivity contribution is 9.10. The minimum atomic E-state index is 0.598. The molecule has 1 heterocycles. The van der Waals surface area contributed by atoms with Crippen LogP contribution in [0, 0.1) is 0 Å². The van der Waals surface area contributed by atoms with Gasteiger partial charge in [0.1, 0.15) is 4.34 Å². The lowest BCUT2D eigenvalue weighted by molar-refractivity contribution is 0.241. The topological polar surface area (TPSA) is 15.3 Å². The van der Waals surface area contributed by atoms with Crippen molar-refractivity contribution in [3.05, 3.63) is 19.8 Å². The number of halogens is 2. The monoisotopic (exact) mass is 336 g/mol. The zero-order valence-electron chi connectivity index (χ0n) is 10.2. The summed E-state index contributed by atoms with van der Waals surface area (Å²) in [5, 5.41) is 3.49. The van der Waals surface area contributed by atoms with E-state index in [9.17, 15) is 0 Å². The lowest BCUT2D eigenvalue weighted by atomic mass is 10.3. The van der Waals surface area contributed by atoms with E-state index in [1.807, 2.05) is 0 Å². The Bertz CT molecular complexity index is 359. The third kappa shape index (κ3) is 3.93. The number of nitrogens with one attached hydrogen (secondary N) is 1. The predicted molar refractivity (Wildman–Crippen MR) is 79.0 cm³/mol. The Hall–Kier alpha value is 0.390. The van der Waals surface area contributed by atoms with Crippen molar-refractivity contribution in [1.82, 2.24) is 10.2 Å². The molecule has 1 aromatic rings. The average molecular weight is 338 g/mol. The van der Waals surface area contributed by atoms with E-state index >= 15 is 0 Å². The largest absolute Gasteiger partial charge is 0.310 e. The molecule has 96 valence electrons. The van der Waals surface area contributed by atoms with Gasteiger partial charge in [-0.05, 0) is 48.8 Å². The number of thiophene rings is 1. The van der Waals surface area contributed by atoms with E-state index in [0.29, 0.717) is 6.04 Å². The van der Waals surface area contributed by atoms with Crippen LogP contribution < -0.4 is 5.32 Å². The Labute approximate surface area is 120 Å². The van der Waals surface area contributed by atoms with Gasteiger partial charge in [0.15, 0.2) is 0 Å². The van der Waals surface area contributed by atoms with E-state index in [2.05, 4.69) is 46.2 Å². The van der Waals surface area contributed by atoms with E-state index in [1.165, 1.54) is 17.7 Å². The highest BCUT2D eigenvalue weighted by atomic mass is 79.9. The molecule has 0 saturated heterocycles. The van der Waals surface area contributed by atoms with Crippen molar-refractivity contribution in [2.75, 3.05) is 13.6 Å². The van der Waals surface area contributed by atoms with Crippen molar-refractivity contribution in [3.63, 3.8) is 0 Å². The second kappa shape index (κ2) is 6.02. The van der Waals surface area contributed by atoms with E-state index in [0.717, 1.165) is 27.9 Å². The smallest absolute Gasteiger partial charge is 0.107 e. The van der Waals surface area contributed by atoms with Crippen molar-refractivity contribution in [1.29, 1.82) is 0 Å². The van der Waals surface area contributed by atoms with Gasteiger partial charge < -0.3 is 5.32 Å². The van der Waals surface area contributed by atoms with Crippen LogP contribution in [0.3, 0.4) is 0 Å². The number of likely N-dealkylation sites (N-methyl/N-ethyl adjacent to an activating group) is 1. The summed E-state index contributed by atoms with van der Waals surface area (Å²) in [5.74, 6) is 0. The van der Waals surface area contributed by atoms with Gasteiger partial charge in [-0.15, -0.1) is 11.3 Å². The van der Waals surface area contributed by atoms with Crippen LogP contribution in [0.1, 0.15) is 24.6 Å². The van der Waals surface area contributed by atoms with E-state index in [4.69, 9.17) is 11.6 Å². The summed E-state index contributed by atoms with van der Waals surface area (Å²) in [4.78, 5) is 3.76.